The number of hydrogen-bond donors (Lipinski definition) is 2. The lowest BCUT2D eigenvalue weighted by Gasteiger charge is -2.01. The smallest absolute Gasteiger partial charge is 0.248 e. The molecule has 0 unspecified atom stereocenters. The molecule has 0 heterocycles. The molecule has 0 saturated carbocycles. The average molecular weight is 255 g/mol. The van der Waals surface area contributed by atoms with Crippen LogP contribution >= 0.6 is 15.9 Å². The first-order valence-corrected chi connectivity index (χ1v) is 4.95. The summed E-state index contributed by atoms with van der Waals surface area (Å²) in [5.74, 6) is -0.169. The number of carbonyl (C=O) groups excluding carboxylic acids is 1. The van der Waals surface area contributed by atoms with E-state index in [1.807, 2.05) is 24.3 Å². The molecule has 0 aliphatic heterocycles. The molecule has 1 aromatic carbocycles. The lowest BCUT2D eigenvalue weighted by atomic mass is 10.3. The number of amides is 1. The van der Waals surface area contributed by atoms with Crippen molar-refractivity contribution in [3.8, 4) is 0 Å². The Morgan fingerprint density at radius 2 is 2.07 bits per heavy atom. The monoisotopic (exact) mass is 254 g/mol. The zero-order chi connectivity index (χ0) is 10.4. The van der Waals surface area contributed by atoms with E-state index in [1.165, 1.54) is 6.08 Å². The van der Waals surface area contributed by atoms with E-state index in [-0.39, 0.29) is 5.91 Å². The highest BCUT2D eigenvalue weighted by molar-refractivity contribution is 9.10. The zero-order valence-corrected chi connectivity index (χ0v) is 9.12. The van der Waals surface area contributed by atoms with E-state index in [4.69, 9.17) is 5.73 Å². The standard InChI is InChI=1S/C10H11BrN2O/c11-8-3-5-9(6-4-8)13-10(14)2-1-7-12/h1-6H,7,12H2,(H,13,14)/b2-1+. The van der Waals surface area contributed by atoms with Crippen LogP contribution in [-0.2, 0) is 4.79 Å². The lowest BCUT2D eigenvalue weighted by molar-refractivity contribution is -0.111. The minimum absolute atomic E-state index is 0.169. The van der Waals surface area contributed by atoms with Crippen LogP contribution in [0.3, 0.4) is 0 Å². The Labute approximate surface area is 91.1 Å². The third-order valence-electron chi connectivity index (χ3n) is 1.52. The van der Waals surface area contributed by atoms with Crippen LogP contribution < -0.4 is 11.1 Å². The minimum Gasteiger partial charge on any atom is -0.327 e. The fourth-order valence-corrected chi connectivity index (χ4v) is 1.16. The molecule has 1 rings (SSSR count). The van der Waals surface area contributed by atoms with Gasteiger partial charge in [-0.2, -0.15) is 0 Å². The topological polar surface area (TPSA) is 55.1 Å². The van der Waals surface area contributed by atoms with Crippen LogP contribution in [0.4, 0.5) is 5.69 Å². The Kier molecular flexibility index (Phi) is 4.35. The van der Waals surface area contributed by atoms with E-state index in [2.05, 4.69) is 21.2 Å². The Bertz CT molecular complexity index is 332. The van der Waals surface area contributed by atoms with Crippen molar-refractivity contribution >= 4 is 27.5 Å². The van der Waals surface area contributed by atoms with Crippen LogP contribution in [-0.4, -0.2) is 12.5 Å². The molecule has 0 aliphatic rings. The van der Waals surface area contributed by atoms with Crippen LogP contribution in [0.1, 0.15) is 0 Å². The van der Waals surface area contributed by atoms with Gasteiger partial charge in [0.25, 0.3) is 0 Å². The second-order valence-corrected chi connectivity index (χ2v) is 3.55. The van der Waals surface area contributed by atoms with Gasteiger partial charge in [0, 0.05) is 22.8 Å². The number of nitrogens with one attached hydrogen (secondary N) is 1. The van der Waals surface area contributed by atoms with Crippen molar-refractivity contribution in [3.63, 3.8) is 0 Å². The average Bonchev–Trinajstić information content (AvgIpc) is 2.18. The summed E-state index contributed by atoms with van der Waals surface area (Å²) in [6, 6.07) is 7.36. The predicted molar refractivity (Wildman–Crippen MR) is 61.0 cm³/mol. The third kappa shape index (κ3) is 3.72. The fourth-order valence-electron chi connectivity index (χ4n) is 0.892. The number of halogens is 1. The van der Waals surface area contributed by atoms with Gasteiger partial charge in [0.1, 0.15) is 0 Å². The summed E-state index contributed by atoms with van der Waals surface area (Å²) in [6.07, 6.45) is 3.02. The van der Waals surface area contributed by atoms with E-state index < -0.39 is 0 Å². The van der Waals surface area contributed by atoms with Crippen molar-refractivity contribution in [2.75, 3.05) is 11.9 Å². The van der Waals surface area contributed by atoms with Crippen molar-refractivity contribution in [2.45, 2.75) is 0 Å². The lowest BCUT2D eigenvalue weighted by Crippen LogP contribution is -2.08. The Hall–Kier alpha value is -1.13. The van der Waals surface area contributed by atoms with Crippen LogP contribution in [0.5, 0.6) is 0 Å². The molecule has 4 heteroatoms. The summed E-state index contributed by atoms with van der Waals surface area (Å²) in [4.78, 5) is 11.2. The number of rotatable bonds is 3. The van der Waals surface area contributed by atoms with E-state index in [0.29, 0.717) is 6.54 Å². The van der Waals surface area contributed by atoms with E-state index in [1.54, 1.807) is 6.08 Å². The molecule has 0 atom stereocenters. The SMILES string of the molecule is NC/C=C/C(=O)Nc1ccc(Br)cc1. The first kappa shape index (κ1) is 10.9. The highest BCUT2D eigenvalue weighted by atomic mass is 79.9. The maximum absolute atomic E-state index is 11.2. The quantitative estimate of drug-likeness (QED) is 0.810. The van der Waals surface area contributed by atoms with Gasteiger partial charge < -0.3 is 11.1 Å². The summed E-state index contributed by atoms with van der Waals surface area (Å²) < 4.78 is 0.980. The highest BCUT2D eigenvalue weighted by Gasteiger charge is 1.96. The first-order chi connectivity index (χ1) is 6.72. The Balaban J connectivity index is 2.56. The molecule has 0 spiro atoms. The van der Waals surface area contributed by atoms with Crippen molar-refractivity contribution in [2.24, 2.45) is 5.73 Å². The maximum atomic E-state index is 11.2. The number of hydrogen-bond acceptors (Lipinski definition) is 2. The molecule has 3 nitrogen and oxygen atoms in total. The van der Waals surface area contributed by atoms with Gasteiger partial charge in [-0.1, -0.05) is 22.0 Å². The Morgan fingerprint density at radius 1 is 1.43 bits per heavy atom. The summed E-state index contributed by atoms with van der Waals surface area (Å²) in [5, 5.41) is 2.70. The van der Waals surface area contributed by atoms with E-state index in [9.17, 15) is 4.79 Å². The predicted octanol–water partition coefficient (Wildman–Crippen LogP) is 1.90. The fraction of sp³-hybridized carbons (Fsp3) is 0.100. The zero-order valence-electron chi connectivity index (χ0n) is 7.53. The van der Waals surface area contributed by atoms with Gasteiger partial charge in [-0.3, -0.25) is 4.79 Å². The molecule has 0 bridgehead atoms. The number of nitrogens with two attached hydrogens (primary N) is 1. The van der Waals surface area contributed by atoms with Gasteiger partial charge in [-0.05, 0) is 24.3 Å². The molecule has 0 radical (unpaired) electrons. The maximum Gasteiger partial charge on any atom is 0.248 e. The number of benzene rings is 1. The van der Waals surface area contributed by atoms with Gasteiger partial charge in [0.05, 0.1) is 0 Å². The highest BCUT2D eigenvalue weighted by Crippen LogP contribution is 2.13. The van der Waals surface area contributed by atoms with Crippen molar-refractivity contribution in [1.82, 2.24) is 0 Å². The van der Waals surface area contributed by atoms with Crippen molar-refractivity contribution < 1.29 is 4.79 Å². The van der Waals surface area contributed by atoms with Gasteiger partial charge in [-0.25, -0.2) is 0 Å². The minimum atomic E-state index is -0.169. The summed E-state index contributed by atoms with van der Waals surface area (Å²) >= 11 is 3.31. The molecular weight excluding hydrogens is 244 g/mol. The van der Waals surface area contributed by atoms with Crippen LogP contribution in [0, 0.1) is 0 Å². The molecule has 3 N–H and O–H groups in total. The second-order valence-electron chi connectivity index (χ2n) is 2.63. The Morgan fingerprint density at radius 3 is 2.64 bits per heavy atom. The largest absolute Gasteiger partial charge is 0.327 e. The molecule has 0 fully saturated rings. The normalized spacial score (nSPS) is 10.4. The molecule has 1 amide bonds. The van der Waals surface area contributed by atoms with Crippen molar-refractivity contribution in [1.29, 1.82) is 0 Å². The van der Waals surface area contributed by atoms with Crippen LogP contribution in [0.15, 0.2) is 40.9 Å². The molecule has 74 valence electrons. The summed E-state index contributed by atoms with van der Waals surface area (Å²) in [7, 11) is 0. The van der Waals surface area contributed by atoms with Gasteiger partial charge in [-0.15, -0.1) is 0 Å². The second kappa shape index (κ2) is 5.57. The van der Waals surface area contributed by atoms with E-state index in [0.717, 1.165) is 10.2 Å². The van der Waals surface area contributed by atoms with Crippen molar-refractivity contribution in [3.05, 3.63) is 40.9 Å². The summed E-state index contributed by atoms with van der Waals surface area (Å²) in [6.45, 7) is 0.369. The van der Waals surface area contributed by atoms with E-state index >= 15 is 0 Å². The molecule has 0 saturated heterocycles. The first-order valence-electron chi connectivity index (χ1n) is 4.15. The molecule has 14 heavy (non-hydrogen) atoms. The summed E-state index contributed by atoms with van der Waals surface area (Å²) in [5.41, 5.74) is 5.98. The molecule has 0 aromatic heterocycles. The number of anilines is 1. The van der Waals surface area contributed by atoms with Crippen LogP contribution in [0.25, 0.3) is 0 Å². The van der Waals surface area contributed by atoms with Crippen LogP contribution in [0.2, 0.25) is 0 Å². The van der Waals surface area contributed by atoms with Gasteiger partial charge >= 0.3 is 0 Å². The molecule has 1 aromatic rings. The van der Waals surface area contributed by atoms with Gasteiger partial charge in [0.15, 0.2) is 0 Å². The molecule has 0 aliphatic carbocycles. The third-order valence-corrected chi connectivity index (χ3v) is 2.05. The molecular formula is C10H11BrN2O. The number of carbonyl (C=O) groups is 1. The van der Waals surface area contributed by atoms with Gasteiger partial charge in [0.2, 0.25) is 5.91 Å².